The molecule has 0 amide bonds. The van der Waals surface area contributed by atoms with Crippen molar-refractivity contribution in [2.24, 2.45) is 0 Å². The molecule has 1 saturated heterocycles. The van der Waals surface area contributed by atoms with E-state index in [0.29, 0.717) is 0 Å². The van der Waals surface area contributed by atoms with Crippen LogP contribution in [0.2, 0.25) is 5.02 Å². The van der Waals surface area contributed by atoms with E-state index in [1.54, 1.807) is 0 Å². The Labute approximate surface area is 207 Å². The first-order valence-electron chi connectivity index (χ1n) is 16.5. The van der Waals surface area contributed by atoms with Crippen molar-refractivity contribution in [2.75, 3.05) is 51.6 Å². The number of nitrogens with zero attached hydrogens (tertiary/aromatic N) is 3. The van der Waals surface area contributed by atoms with E-state index in [1.807, 2.05) is 0 Å². The van der Waals surface area contributed by atoms with Gasteiger partial charge in [-0.25, -0.2) is 14.4 Å². The van der Waals surface area contributed by atoms with E-state index < -0.39 is 98.8 Å². The minimum absolute atomic E-state index is 0.125. The normalized spacial score (nSPS) is 27.2. The molecule has 3 aromatic rings. The van der Waals surface area contributed by atoms with Gasteiger partial charge in [0.25, 0.3) is 0 Å². The van der Waals surface area contributed by atoms with Crippen LogP contribution in [0.25, 0.3) is 10.9 Å². The lowest BCUT2D eigenvalue weighted by Gasteiger charge is -2.26. The van der Waals surface area contributed by atoms with Gasteiger partial charge in [0.05, 0.1) is 48.3 Å². The minimum Gasteiger partial charge on any atom is -0.493 e. The van der Waals surface area contributed by atoms with E-state index in [1.165, 1.54) is 0 Å². The summed E-state index contributed by atoms with van der Waals surface area (Å²) in [5.74, 6) is -3.24. The fraction of sp³-hybridized carbons (Fsp3) is 0.364. The van der Waals surface area contributed by atoms with Gasteiger partial charge in [0.15, 0.2) is 11.5 Å². The van der Waals surface area contributed by atoms with Crippen molar-refractivity contribution in [1.82, 2.24) is 14.9 Å². The van der Waals surface area contributed by atoms with Crippen molar-refractivity contribution in [3.63, 3.8) is 0 Å². The Morgan fingerprint density at radius 3 is 3.06 bits per heavy atom. The Morgan fingerprint density at radius 1 is 1.35 bits per heavy atom. The second kappa shape index (κ2) is 10.1. The standard InChI is InChI=1S/C22H24ClFN4O3/c1-29-20-13-19-16(12-21(20)31-8-2-5-28-6-9-30-10-7-28)22(26-14-25-19)27-15-3-4-18(24)17(23)11-15/h3-4,11-14H,2,5-10H2,1H3,(H,25,26,27)/i1D3,2D2,3D,4D,5D2,6D2,7D2,8D2,11D. The molecule has 4 rings (SSSR count). The van der Waals surface area contributed by atoms with E-state index in [9.17, 15) is 4.39 Å². The summed E-state index contributed by atoms with van der Waals surface area (Å²) in [5.41, 5.74) is -0.610. The average Bonchev–Trinajstić information content (AvgIpc) is 2.91. The van der Waals surface area contributed by atoms with Crippen molar-refractivity contribution in [3.8, 4) is 11.5 Å². The highest BCUT2D eigenvalue weighted by atomic mass is 35.5. The van der Waals surface area contributed by atoms with Crippen molar-refractivity contribution in [1.29, 1.82) is 0 Å². The first-order chi connectivity index (χ1) is 21.2. The maximum atomic E-state index is 14.2. The second-order valence-corrected chi connectivity index (χ2v) is 6.11. The molecular formula is C22H24ClFN4O3. The van der Waals surface area contributed by atoms with Crippen LogP contribution < -0.4 is 14.8 Å². The molecule has 2 heterocycles. The third-order valence-corrected chi connectivity index (χ3v) is 4.07. The molecule has 0 unspecified atom stereocenters. The van der Waals surface area contributed by atoms with Gasteiger partial charge in [0.2, 0.25) is 0 Å². The minimum atomic E-state index is -3.92. The highest BCUT2D eigenvalue weighted by Crippen LogP contribution is 2.35. The maximum Gasteiger partial charge on any atom is 0.162 e. The van der Waals surface area contributed by atoms with Crippen LogP contribution in [-0.2, 0) is 4.74 Å². The summed E-state index contributed by atoms with van der Waals surface area (Å²) >= 11 is 5.80. The Balaban J connectivity index is 1.86. The summed E-state index contributed by atoms with van der Waals surface area (Å²) in [6.07, 6.45) is -2.98. The number of morpholine rings is 1. The summed E-state index contributed by atoms with van der Waals surface area (Å²) in [7, 11) is -3.20. The van der Waals surface area contributed by atoms with E-state index in [4.69, 9.17) is 47.7 Å². The SMILES string of the molecule is [2H]c1c([2H])c(Nc2ncnc3cc(OC([2H])([2H])[2H])c(OC([2H])([2H])C([2H])([2H])C([2H])([2H])N4C([2H])([2H])COCC4([2H])[2H])cc23)c([2H])c(Cl)c1F. The molecular weight excluding hydrogens is 423 g/mol. The third kappa shape index (κ3) is 5.33. The lowest BCUT2D eigenvalue weighted by Crippen LogP contribution is -2.37. The molecule has 1 N–H and O–H groups in total. The van der Waals surface area contributed by atoms with Gasteiger partial charge in [0, 0.05) is 47.6 Å². The number of nitrogens with one attached hydrogen (secondary N) is 1. The van der Waals surface area contributed by atoms with Crippen LogP contribution in [0.3, 0.4) is 0 Å². The molecule has 1 aliphatic rings. The molecule has 0 saturated carbocycles. The van der Waals surface area contributed by atoms with Crippen molar-refractivity contribution in [3.05, 3.63) is 47.4 Å². The van der Waals surface area contributed by atoms with Gasteiger partial charge in [0.1, 0.15) is 18.0 Å². The zero-order chi connectivity index (χ0) is 35.7. The fourth-order valence-corrected chi connectivity index (χ4v) is 2.58. The Bertz CT molecular complexity index is 1670. The Morgan fingerprint density at radius 2 is 2.23 bits per heavy atom. The number of rotatable bonds is 8. The monoisotopic (exact) mass is 462 g/mol. The first-order valence-corrected chi connectivity index (χ1v) is 8.90. The van der Waals surface area contributed by atoms with Crippen molar-refractivity contribution < 1.29 is 40.5 Å². The van der Waals surface area contributed by atoms with E-state index >= 15 is 0 Å². The van der Waals surface area contributed by atoms with Crippen LogP contribution >= 0.6 is 11.6 Å². The van der Waals surface area contributed by atoms with Gasteiger partial charge in [-0.3, -0.25) is 4.90 Å². The molecule has 0 bridgehead atoms. The van der Waals surface area contributed by atoms with Gasteiger partial charge in [-0.05, 0) is 30.6 Å². The Hall–Kier alpha value is -2.68. The Kier molecular flexibility index (Phi) is 3.07. The summed E-state index contributed by atoms with van der Waals surface area (Å²) in [5, 5.41) is 1.57. The molecule has 7 nitrogen and oxygen atoms in total. The maximum absolute atomic E-state index is 14.2. The lowest BCUT2D eigenvalue weighted by molar-refractivity contribution is 0.0357. The van der Waals surface area contributed by atoms with E-state index in [-0.39, 0.29) is 21.6 Å². The molecule has 0 spiro atoms. The van der Waals surface area contributed by atoms with Crippen LogP contribution in [0.15, 0.2) is 36.6 Å². The number of benzene rings is 2. The molecule has 0 atom stereocenters. The largest absolute Gasteiger partial charge is 0.493 e. The number of fused-ring (bicyclic) bond motifs is 1. The number of ether oxygens (including phenoxy) is 3. The predicted molar refractivity (Wildman–Crippen MR) is 118 cm³/mol. The van der Waals surface area contributed by atoms with Gasteiger partial charge in [-0.1, -0.05) is 11.6 Å². The summed E-state index contributed by atoms with van der Waals surface area (Å²) in [4.78, 5) is 7.80. The fourth-order valence-electron chi connectivity index (χ4n) is 2.44. The van der Waals surface area contributed by atoms with Crippen LogP contribution in [0.1, 0.15) is 28.3 Å². The predicted octanol–water partition coefficient (Wildman–Crippen LogP) is 4.28. The van der Waals surface area contributed by atoms with Crippen LogP contribution in [-0.4, -0.2) is 61.2 Å². The smallest absolute Gasteiger partial charge is 0.162 e. The van der Waals surface area contributed by atoms with Crippen molar-refractivity contribution in [2.45, 2.75) is 6.37 Å². The zero-order valence-corrected chi connectivity index (χ0v) is 16.2. The molecule has 31 heavy (non-hydrogen) atoms. The summed E-state index contributed by atoms with van der Waals surface area (Å²) in [6, 6.07) is -0.708. The van der Waals surface area contributed by atoms with Gasteiger partial charge < -0.3 is 19.5 Å². The topological polar surface area (TPSA) is 68.7 Å². The number of hydrogen-bond donors (Lipinski definition) is 1. The van der Waals surface area contributed by atoms with Gasteiger partial charge in [-0.2, -0.15) is 0 Å². The van der Waals surface area contributed by atoms with Gasteiger partial charge in [-0.15, -0.1) is 0 Å². The van der Waals surface area contributed by atoms with Crippen LogP contribution in [0.5, 0.6) is 11.5 Å². The first kappa shape index (κ1) is 9.44. The molecule has 0 aliphatic carbocycles. The number of anilines is 2. The average molecular weight is 463 g/mol. The third-order valence-electron chi connectivity index (χ3n) is 3.81. The van der Waals surface area contributed by atoms with Crippen molar-refractivity contribution >= 4 is 34.0 Å². The quantitative estimate of drug-likeness (QED) is 0.536. The zero-order valence-electron chi connectivity index (χ0n) is 31.5. The molecule has 2 aromatic carbocycles. The number of halogens is 2. The van der Waals surface area contributed by atoms with E-state index in [2.05, 4.69) is 15.3 Å². The molecule has 1 aliphatic heterocycles. The highest BCUT2D eigenvalue weighted by Gasteiger charge is 2.14. The summed E-state index contributed by atoms with van der Waals surface area (Å²) < 4.78 is 159. The van der Waals surface area contributed by atoms with E-state index in [0.717, 1.165) is 18.5 Å². The molecule has 164 valence electrons. The number of aromatic nitrogens is 2. The number of methoxy groups -OCH3 is 1. The molecule has 1 fully saturated rings. The molecule has 1 aromatic heterocycles. The number of hydrogen-bond acceptors (Lipinski definition) is 7. The summed E-state index contributed by atoms with van der Waals surface area (Å²) in [6.45, 7) is -15.3. The highest BCUT2D eigenvalue weighted by molar-refractivity contribution is 6.31. The van der Waals surface area contributed by atoms with Crippen LogP contribution in [0, 0.1) is 5.82 Å². The lowest BCUT2D eigenvalue weighted by atomic mass is 10.2. The van der Waals surface area contributed by atoms with Gasteiger partial charge >= 0.3 is 0 Å². The van der Waals surface area contributed by atoms with Crippen LogP contribution in [0.4, 0.5) is 15.9 Å². The molecule has 0 radical (unpaired) electrons. The second-order valence-electron chi connectivity index (χ2n) is 5.73. The molecule has 9 heteroatoms.